The SMILES string of the molecule is COc1ccc(C(=O)NC(C)c2nc3cccc(C#Cc4cnn(C)c4)c3c(=O)n2-c2ccccc2)c(N)n1. The van der Waals surface area contributed by atoms with Crippen molar-refractivity contribution in [3.05, 3.63) is 106 Å². The maximum Gasteiger partial charge on any atom is 0.267 e. The predicted octanol–water partition coefficient (Wildman–Crippen LogP) is 3.00. The molecule has 0 aliphatic rings. The number of benzene rings is 2. The number of nitrogen functional groups attached to an aromatic ring is 1. The number of aromatic nitrogens is 5. The highest BCUT2D eigenvalue weighted by molar-refractivity contribution is 5.98. The quantitative estimate of drug-likeness (QED) is 0.342. The highest BCUT2D eigenvalue weighted by atomic mass is 16.5. The standard InChI is InChI=1S/C29H25N7O3/c1-18(32-28(37)22-14-15-24(39-3)34-26(22)30)27-33-23-11-7-8-20(13-12-19-16-31-35(2)17-19)25(23)29(38)36(27)21-9-5-4-6-10-21/h4-11,14-18H,1-3H3,(H2,30,34)(H,32,37). The minimum absolute atomic E-state index is 0.0304. The molecule has 1 unspecified atom stereocenters. The highest BCUT2D eigenvalue weighted by Gasteiger charge is 2.22. The smallest absolute Gasteiger partial charge is 0.267 e. The molecule has 3 N–H and O–H groups in total. The Kier molecular flexibility index (Phi) is 6.80. The van der Waals surface area contributed by atoms with Crippen molar-refractivity contribution in [1.29, 1.82) is 0 Å². The summed E-state index contributed by atoms with van der Waals surface area (Å²) in [6.07, 6.45) is 3.46. The Hall–Kier alpha value is -5.43. The van der Waals surface area contributed by atoms with E-state index in [2.05, 4.69) is 27.2 Å². The molecular weight excluding hydrogens is 494 g/mol. The van der Waals surface area contributed by atoms with Crippen LogP contribution in [0.5, 0.6) is 5.88 Å². The van der Waals surface area contributed by atoms with Gasteiger partial charge in [-0.1, -0.05) is 36.1 Å². The summed E-state index contributed by atoms with van der Waals surface area (Å²) in [6, 6.07) is 16.9. The number of hydrogen-bond donors (Lipinski definition) is 2. The summed E-state index contributed by atoms with van der Waals surface area (Å²) in [7, 11) is 3.28. The monoisotopic (exact) mass is 519 g/mol. The third-order valence-electron chi connectivity index (χ3n) is 6.07. The summed E-state index contributed by atoms with van der Waals surface area (Å²) in [4.78, 5) is 36.1. The van der Waals surface area contributed by atoms with Crippen LogP contribution >= 0.6 is 0 Å². The summed E-state index contributed by atoms with van der Waals surface area (Å²) >= 11 is 0. The Morgan fingerprint density at radius 1 is 1.05 bits per heavy atom. The molecular formula is C29H25N7O3. The number of amides is 1. The number of para-hydroxylation sites is 1. The first-order valence-corrected chi connectivity index (χ1v) is 12.1. The highest BCUT2D eigenvalue weighted by Crippen LogP contribution is 2.21. The van der Waals surface area contributed by atoms with Gasteiger partial charge in [-0.05, 0) is 37.3 Å². The molecule has 39 heavy (non-hydrogen) atoms. The average molecular weight is 520 g/mol. The van der Waals surface area contributed by atoms with Gasteiger partial charge in [-0.25, -0.2) is 4.98 Å². The van der Waals surface area contributed by atoms with Crippen LogP contribution in [0.1, 0.15) is 40.3 Å². The van der Waals surface area contributed by atoms with E-state index >= 15 is 0 Å². The fourth-order valence-corrected chi connectivity index (χ4v) is 4.19. The molecule has 1 amide bonds. The van der Waals surface area contributed by atoms with Gasteiger partial charge in [-0.3, -0.25) is 18.8 Å². The van der Waals surface area contributed by atoms with Crippen LogP contribution in [0, 0.1) is 11.8 Å². The number of fused-ring (bicyclic) bond motifs is 1. The Bertz CT molecular complexity index is 1810. The van der Waals surface area contributed by atoms with E-state index in [0.29, 0.717) is 33.9 Å². The van der Waals surface area contributed by atoms with E-state index in [1.54, 1.807) is 48.3 Å². The van der Waals surface area contributed by atoms with Crippen molar-refractivity contribution < 1.29 is 9.53 Å². The average Bonchev–Trinajstić information content (AvgIpc) is 3.36. The maximum atomic E-state index is 14.1. The van der Waals surface area contributed by atoms with Crippen LogP contribution in [0.4, 0.5) is 5.82 Å². The predicted molar refractivity (Wildman–Crippen MR) is 148 cm³/mol. The molecule has 194 valence electrons. The van der Waals surface area contributed by atoms with Gasteiger partial charge in [0.1, 0.15) is 11.6 Å². The van der Waals surface area contributed by atoms with Gasteiger partial charge < -0.3 is 15.8 Å². The van der Waals surface area contributed by atoms with E-state index < -0.39 is 11.9 Å². The molecule has 2 aromatic carbocycles. The van der Waals surface area contributed by atoms with Crippen molar-refractivity contribution >= 4 is 22.6 Å². The maximum absolute atomic E-state index is 14.1. The van der Waals surface area contributed by atoms with Crippen LogP contribution < -0.4 is 21.3 Å². The van der Waals surface area contributed by atoms with E-state index in [1.807, 2.05) is 37.4 Å². The van der Waals surface area contributed by atoms with Crippen molar-refractivity contribution in [2.24, 2.45) is 7.05 Å². The molecule has 0 saturated heterocycles. The molecule has 0 aliphatic carbocycles. The van der Waals surface area contributed by atoms with Crippen molar-refractivity contribution in [3.63, 3.8) is 0 Å². The van der Waals surface area contributed by atoms with Gasteiger partial charge in [0.2, 0.25) is 5.88 Å². The number of nitrogens with one attached hydrogen (secondary N) is 1. The first kappa shape index (κ1) is 25.2. The molecule has 3 heterocycles. The topological polar surface area (TPSA) is 130 Å². The Labute approximate surface area is 224 Å². The van der Waals surface area contributed by atoms with Crippen LogP contribution in [0.15, 0.2) is 77.9 Å². The molecule has 0 radical (unpaired) electrons. The van der Waals surface area contributed by atoms with Gasteiger partial charge in [0.05, 0.1) is 47.1 Å². The van der Waals surface area contributed by atoms with Gasteiger partial charge in [0, 0.05) is 24.9 Å². The van der Waals surface area contributed by atoms with Gasteiger partial charge in [-0.15, -0.1) is 0 Å². The number of ether oxygens (including phenoxy) is 1. The van der Waals surface area contributed by atoms with E-state index in [-0.39, 0.29) is 16.9 Å². The Balaban J connectivity index is 1.62. The number of nitrogens with zero attached hydrogens (tertiary/aromatic N) is 5. The number of rotatable bonds is 5. The third-order valence-corrected chi connectivity index (χ3v) is 6.07. The second-order valence-electron chi connectivity index (χ2n) is 8.78. The normalized spacial score (nSPS) is 11.5. The Morgan fingerprint density at radius 3 is 2.54 bits per heavy atom. The van der Waals surface area contributed by atoms with Crippen LogP contribution in [-0.2, 0) is 7.05 Å². The molecule has 0 spiro atoms. The summed E-state index contributed by atoms with van der Waals surface area (Å²) < 4.78 is 8.23. The molecule has 0 aliphatic heterocycles. The van der Waals surface area contributed by atoms with E-state index in [4.69, 9.17) is 15.5 Å². The van der Waals surface area contributed by atoms with Gasteiger partial charge in [-0.2, -0.15) is 10.1 Å². The second kappa shape index (κ2) is 10.5. The molecule has 10 heteroatoms. The molecule has 1 atom stereocenters. The van der Waals surface area contributed by atoms with Gasteiger partial charge >= 0.3 is 0 Å². The van der Waals surface area contributed by atoms with Crippen molar-refractivity contribution in [3.8, 4) is 23.4 Å². The van der Waals surface area contributed by atoms with Crippen LogP contribution in [0.25, 0.3) is 16.6 Å². The lowest BCUT2D eigenvalue weighted by Gasteiger charge is -2.20. The number of hydrogen-bond acceptors (Lipinski definition) is 7. The molecule has 5 rings (SSSR count). The number of carbonyl (C=O) groups excluding carboxylic acids is 1. The minimum atomic E-state index is -0.665. The number of aryl methyl sites for hydroxylation is 1. The first-order chi connectivity index (χ1) is 18.9. The number of pyridine rings is 1. The van der Waals surface area contributed by atoms with E-state index in [9.17, 15) is 9.59 Å². The zero-order valence-corrected chi connectivity index (χ0v) is 21.5. The summed E-state index contributed by atoms with van der Waals surface area (Å²) in [5.74, 6) is 6.38. The summed E-state index contributed by atoms with van der Waals surface area (Å²) in [5.41, 5.74) is 8.20. The number of methoxy groups -OCH3 is 1. The molecule has 0 fully saturated rings. The van der Waals surface area contributed by atoms with Crippen LogP contribution in [-0.4, -0.2) is 37.3 Å². The lowest BCUT2D eigenvalue weighted by molar-refractivity contribution is 0.0938. The third kappa shape index (κ3) is 5.06. The fourth-order valence-electron chi connectivity index (χ4n) is 4.19. The molecule has 0 bridgehead atoms. The number of anilines is 1. The minimum Gasteiger partial charge on any atom is -0.481 e. The first-order valence-electron chi connectivity index (χ1n) is 12.1. The van der Waals surface area contributed by atoms with Crippen LogP contribution in [0.2, 0.25) is 0 Å². The van der Waals surface area contributed by atoms with E-state index in [0.717, 1.165) is 5.56 Å². The second-order valence-corrected chi connectivity index (χ2v) is 8.78. The van der Waals surface area contributed by atoms with Crippen molar-refractivity contribution in [2.45, 2.75) is 13.0 Å². The fraction of sp³-hybridized carbons (Fsp3) is 0.138. The molecule has 10 nitrogen and oxygen atoms in total. The van der Waals surface area contributed by atoms with Crippen LogP contribution in [0.3, 0.4) is 0 Å². The lowest BCUT2D eigenvalue weighted by atomic mass is 10.1. The number of nitrogens with two attached hydrogens (primary N) is 1. The Morgan fingerprint density at radius 2 is 1.85 bits per heavy atom. The summed E-state index contributed by atoms with van der Waals surface area (Å²) in [6.45, 7) is 1.75. The van der Waals surface area contributed by atoms with Gasteiger partial charge in [0.25, 0.3) is 11.5 Å². The zero-order chi connectivity index (χ0) is 27.5. The largest absolute Gasteiger partial charge is 0.481 e. The van der Waals surface area contributed by atoms with Gasteiger partial charge in [0.15, 0.2) is 0 Å². The van der Waals surface area contributed by atoms with E-state index in [1.165, 1.54) is 17.7 Å². The lowest BCUT2D eigenvalue weighted by Crippen LogP contribution is -2.33. The summed E-state index contributed by atoms with van der Waals surface area (Å²) in [5, 5.41) is 7.41. The zero-order valence-electron chi connectivity index (χ0n) is 21.5. The molecule has 3 aromatic heterocycles. The number of carbonyl (C=O) groups is 1. The molecule has 5 aromatic rings. The van der Waals surface area contributed by atoms with Crippen molar-refractivity contribution in [2.75, 3.05) is 12.8 Å². The van der Waals surface area contributed by atoms with Crippen molar-refractivity contribution in [1.82, 2.24) is 29.6 Å². The molecule has 0 saturated carbocycles.